The molecule has 1 aliphatic rings. The van der Waals surface area contributed by atoms with Crippen LogP contribution in [0.15, 0.2) is 0 Å². The van der Waals surface area contributed by atoms with Crippen LogP contribution in [0.25, 0.3) is 0 Å². The van der Waals surface area contributed by atoms with Gasteiger partial charge >= 0.3 is 12.0 Å². The SMILES string of the molecule is CCS(=O)(=O)CCNC(=O)NC1CCCCCC1C(=O)O. The number of amides is 2. The number of carbonyl (C=O) groups is 2. The van der Waals surface area contributed by atoms with Crippen LogP contribution in [0.2, 0.25) is 0 Å². The lowest BCUT2D eigenvalue weighted by atomic mass is 9.95. The van der Waals surface area contributed by atoms with E-state index in [1.807, 2.05) is 0 Å². The first-order valence-corrected chi connectivity index (χ1v) is 9.15. The summed E-state index contributed by atoms with van der Waals surface area (Å²) in [6.45, 7) is 1.59. The highest BCUT2D eigenvalue weighted by Crippen LogP contribution is 2.23. The monoisotopic (exact) mass is 320 g/mol. The number of carboxylic acids is 1. The second-order valence-electron chi connectivity index (χ2n) is 5.33. The summed E-state index contributed by atoms with van der Waals surface area (Å²) in [5.74, 6) is -1.53. The molecule has 2 atom stereocenters. The molecule has 0 aromatic heterocycles. The smallest absolute Gasteiger partial charge is 0.315 e. The topological polar surface area (TPSA) is 113 Å². The van der Waals surface area contributed by atoms with Crippen molar-refractivity contribution in [1.29, 1.82) is 0 Å². The van der Waals surface area contributed by atoms with E-state index < -0.39 is 33.8 Å². The van der Waals surface area contributed by atoms with Gasteiger partial charge in [-0.2, -0.15) is 0 Å². The molecule has 7 nitrogen and oxygen atoms in total. The van der Waals surface area contributed by atoms with Gasteiger partial charge in [0.05, 0.1) is 11.7 Å². The van der Waals surface area contributed by atoms with E-state index in [4.69, 9.17) is 0 Å². The van der Waals surface area contributed by atoms with Crippen LogP contribution in [-0.4, -0.2) is 49.6 Å². The van der Waals surface area contributed by atoms with Gasteiger partial charge in [0, 0.05) is 18.3 Å². The number of carbonyl (C=O) groups excluding carboxylic acids is 1. The largest absolute Gasteiger partial charge is 0.481 e. The molecule has 1 saturated carbocycles. The molecule has 1 aliphatic carbocycles. The van der Waals surface area contributed by atoms with Crippen molar-refractivity contribution in [3.8, 4) is 0 Å². The summed E-state index contributed by atoms with van der Waals surface area (Å²) in [6, 6.07) is -0.896. The van der Waals surface area contributed by atoms with Crippen molar-refractivity contribution in [2.24, 2.45) is 5.92 Å². The van der Waals surface area contributed by atoms with Crippen molar-refractivity contribution < 1.29 is 23.1 Å². The molecule has 0 aromatic rings. The first kappa shape index (κ1) is 17.7. The summed E-state index contributed by atoms with van der Waals surface area (Å²) in [6.07, 6.45) is 3.91. The van der Waals surface area contributed by atoms with Crippen LogP contribution < -0.4 is 10.6 Å². The van der Waals surface area contributed by atoms with Gasteiger partial charge in [-0.1, -0.05) is 26.2 Å². The van der Waals surface area contributed by atoms with E-state index >= 15 is 0 Å². The maximum atomic E-state index is 11.8. The third-order valence-corrected chi connectivity index (χ3v) is 5.49. The summed E-state index contributed by atoms with van der Waals surface area (Å²) in [4.78, 5) is 23.0. The van der Waals surface area contributed by atoms with Gasteiger partial charge < -0.3 is 15.7 Å². The second kappa shape index (κ2) is 8.21. The molecule has 0 aliphatic heterocycles. The Kier molecular flexibility index (Phi) is 6.94. The van der Waals surface area contributed by atoms with Gasteiger partial charge in [-0.05, 0) is 12.8 Å². The number of hydrogen-bond acceptors (Lipinski definition) is 4. The highest BCUT2D eigenvalue weighted by atomic mass is 32.2. The molecule has 0 spiro atoms. The zero-order valence-corrected chi connectivity index (χ0v) is 13.1. The van der Waals surface area contributed by atoms with Crippen LogP contribution in [0, 0.1) is 5.92 Å². The van der Waals surface area contributed by atoms with Gasteiger partial charge in [-0.25, -0.2) is 13.2 Å². The van der Waals surface area contributed by atoms with Gasteiger partial charge in [0.25, 0.3) is 0 Å². The van der Waals surface area contributed by atoms with E-state index in [2.05, 4.69) is 10.6 Å². The Labute approximate surface area is 125 Å². The molecule has 1 fully saturated rings. The van der Waals surface area contributed by atoms with Gasteiger partial charge in [-0.3, -0.25) is 4.79 Å². The maximum absolute atomic E-state index is 11.8. The second-order valence-corrected chi connectivity index (χ2v) is 7.80. The Morgan fingerprint density at radius 3 is 2.48 bits per heavy atom. The third-order valence-electron chi connectivity index (χ3n) is 3.79. The molecule has 3 N–H and O–H groups in total. The molecule has 122 valence electrons. The number of aliphatic carboxylic acids is 1. The van der Waals surface area contributed by atoms with E-state index in [-0.39, 0.29) is 18.1 Å². The lowest BCUT2D eigenvalue weighted by molar-refractivity contribution is -0.142. The predicted octanol–water partition coefficient (Wildman–Crippen LogP) is 0.754. The molecular weight excluding hydrogens is 296 g/mol. The molecular formula is C13H24N2O5S. The number of carboxylic acid groups (broad SMARTS) is 1. The fourth-order valence-electron chi connectivity index (χ4n) is 2.46. The Morgan fingerprint density at radius 1 is 1.19 bits per heavy atom. The van der Waals surface area contributed by atoms with Crippen molar-refractivity contribution in [2.45, 2.75) is 45.1 Å². The van der Waals surface area contributed by atoms with Gasteiger partial charge in [0.2, 0.25) is 0 Å². The van der Waals surface area contributed by atoms with Crippen LogP contribution in [0.1, 0.15) is 39.0 Å². The van der Waals surface area contributed by atoms with Crippen molar-refractivity contribution in [3.63, 3.8) is 0 Å². The fourth-order valence-corrected chi connectivity index (χ4v) is 3.16. The highest BCUT2D eigenvalue weighted by Gasteiger charge is 2.30. The summed E-state index contributed by atoms with van der Waals surface area (Å²) in [5, 5.41) is 14.4. The number of sulfone groups is 1. The standard InChI is InChI=1S/C13H24N2O5S/c1-2-21(19,20)9-8-14-13(18)15-11-7-5-3-4-6-10(11)12(16)17/h10-11H,2-9H2,1H3,(H,16,17)(H2,14,15,18). The molecule has 0 radical (unpaired) electrons. The Balaban J connectivity index is 2.46. The molecule has 0 aromatic carbocycles. The zero-order valence-electron chi connectivity index (χ0n) is 12.3. The van der Waals surface area contributed by atoms with Crippen molar-refractivity contribution in [3.05, 3.63) is 0 Å². The number of nitrogens with one attached hydrogen (secondary N) is 2. The van der Waals surface area contributed by atoms with E-state index in [1.54, 1.807) is 6.92 Å². The average molecular weight is 320 g/mol. The summed E-state index contributed by atoms with van der Waals surface area (Å²) < 4.78 is 22.6. The lowest BCUT2D eigenvalue weighted by Gasteiger charge is -2.23. The van der Waals surface area contributed by atoms with E-state index in [9.17, 15) is 23.1 Å². The molecule has 0 heterocycles. The minimum Gasteiger partial charge on any atom is -0.481 e. The van der Waals surface area contributed by atoms with Crippen molar-refractivity contribution in [2.75, 3.05) is 18.1 Å². The Bertz CT molecular complexity index is 463. The Morgan fingerprint density at radius 2 is 1.86 bits per heavy atom. The van der Waals surface area contributed by atoms with Crippen LogP contribution in [-0.2, 0) is 14.6 Å². The summed E-state index contributed by atoms with van der Waals surface area (Å²) >= 11 is 0. The number of rotatable bonds is 6. The van der Waals surface area contributed by atoms with E-state index in [0.29, 0.717) is 12.8 Å². The van der Waals surface area contributed by atoms with E-state index in [1.165, 1.54) is 0 Å². The number of hydrogen-bond donors (Lipinski definition) is 3. The maximum Gasteiger partial charge on any atom is 0.315 e. The van der Waals surface area contributed by atoms with Crippen LogP contribution in [0.4, 0.5) is 4.79 Å². The normalized spacial score (nSPS) is 23.1. The van der Waals surface area contributed by atoms with Gasteiger partial charge in [0.15, 0.2) is 9.84 Å². The Hall–Kier alpha value is -1.31. The molecule has 0 saturated heterocycles. The molecule has 2 amide bonds. The minimum atomic E-state index is -3.11. The van der Waals surface area contributed by atoms with E-state index in [0.717, 1.165) is 19.3 Å². The summed E-state index contributed by atoms with van der Waals surface area (Å²) in [7, 11) is -3.11. The lowest BCUT2D eigenvalue weighted by Crippen LogP contribution is -2.48. The molecule has 8 heteroatoms. The number of urea groups is 1. The minimum absolute atomic E-state index is 0.0342. The fraction of sp³-hybridized carbons (Fsp3) is 0.846. The predicted molar refractivity (Wildman–Crippen MR) is 78.9 cm³/mol. The highest BCUT2D eigenvalue weighted by molar-refractivity contribution is 7.91. The van der Waals surface area contributed by atoms with Crippen LogP contribution in [0.5, 0.6) is 0 Å². The summed E-state index contributed by atoms with van der Waals surface area (Å²) in [5.41, 5.74) is 0. The van der Waals surface area contributed by atoms with Crippen LogP contribution >= 0.6 is 0 Å². The molecule has 21 heavy (non-hydrogen) atoms. The molecule has 1 rings (SSSR count). The van der Waals surface area contributed by atoms with Crippen molar-refractivity contribution >= 4 is 21.8 Å². The molecule has 2 unspecified atom stereocenters. The van der Waals surface area contributed by atoms with Gasteiger partial charge in [0.1, 0.15) is 0 Å². The third kappa shape index (κ3) is 6.33. The zero-order chi connectivity index (χ0) is 15.9. The van der Waals surface area contributed by atoms with Crippen molar-refractivity contribution in [1.82, 2.24) is 10.6 Å². The first-order chi connectivity index (χ1) is 9.85. The van der Waals surface area contributed by atoms with Gasteiger partial charge in [-0.15, -0.1) is 0 Å². The first-order valence-electron chi connectivity index (χ1n) is 7.33. The molecule has 0 bridgehead atoms. The van der Waals surface area contributed by atoms with Crippen LogP contribution in [0.3, 0.4) is 0 Å². The quantitative estimate of drug-likeness (QED) is 0.625. The average Bonchev–Trinajstić information content (AvgIpc) is 2.64.